The first-order valence-electron chi connectivity index (χ1n) is 8.47. The molecule has 1 saturated heterocycles. The number of hydrogen-bond donors (Lipinski definition) is 3. The van der Waals surface area contributed by atoms with Gasteiger partial charge in [0.1, 0.15) is 12.1 Å². The molecule has 1 aliphatic heterocycles. The SMILES string of the molecule is O=C(CNc1cc(Cl)cc(Cl)c1)N1CC[C@@H](Nc2ncnc3[nH]ncc23)C1. The number of carbonyl (C=O) groups is 1. The highest BCUT2D eigenvalue weighted by atomic mass is 35.5. The van der Waals surface area contributed by atoms with Gasteiger partial charge in [-0.25, -0.2) is 9.97 Å². The molecule has 3 N–H and O–H groups in total. The van der Waals surface area contributed by atoms with E-state index in [9.17, 15) is 4.79 Å². The van der Waals surface area contributed by atoms with Crippen LogP contribution in [0.3, 0.4) is 0 Å². The molecule has 1 fully saturated rings. The molecule has 4 rings (SSSR count). The van der Waals surface area contributed by atoms with Gasteiger partial charge in [0.05, 0.1) is 18.1 Å². The highest BCUT2D eigenvalue weighted by Gasteiger charge is 2.26. The van der Waals surface area contributed by atoms with Gasteiger partial charge in [-0.1, -0.05) is 23.2 Å². The third-order valence-corrected chi connectivity index (χ3v) is 4.87. The van der Waals surface area contributed by atoms with E-state index >= 15 is 0 Å². The molecule has 1 aromatic carbocycles. The summed E-state index contributed by atoms with van der Waals surface area (Å²) in [5, 5.41) is 15.2. The number of fused-ring (bicyclic) bond motifs is 1. The van der Waals surface area contributed by atoms with Crippen molar-refractivity contribution in [3.63, 3.8) is 0 Å². The summed E-state index contributed by atoms with van der Waals surface area (Å²) >= 11 is 12.0. The van der Waals surface area contributed by atoms with E-state index in [0.717, 1.165) is 23.3 Å². The molecular formula is C17H17Cl2N7O. The number of nitrogens with one attached hydrogen (secondary N) is 3. The molecule has 3 heterocycles. The van der Waals surface area contributed by atoms with E-state index in [1.54, 1.807) is 24.4 Å². The molecule has 0 saturated carbocycles. The minimum Gasteiger partial charge on any atom is -0.376 e. The Kier molecular flexibility index (Phi) is 5.00. The lowest BCUT2D eigenvalue weighted by Gasteiger charge is -2.18. The fraction of sp³-hybridized carbons (Fsp3) is 0.294. The van der Waals surface area contributed by atoms with Gasteiger partial charge in [0.25, 0.3) is 0 Å². The molecule has 10 heteroatoms. The Hall–Kier alpha value is -2.58. The van der Waals surface area contributed by atoms with Crippen LogP contribution in [0.25, 0.3) is 11.0 Å². The summed E-state index contributed by atoms with van der Waals surface area (Å²) in [5.41, 5.74) is 1.40. The van der Waals surface area contributed by atoms with Gasteiger partial charge in [0, 0.05) is 34.9 Å². The number of halogens is 2. The van der Waals surface area contributed by atoms with Crippen LogP contribution in [0, 0.1) is 0 Å². The van der Waals surface area contributed by atoms with Gasteiger partial charge < -0.3 is 15.5 Å². The molecule has 27 heavy (non-hydrogen) atoms. The molecule has 1 atom stereocenters. The number of benzene rings is 1. The van der Waals surface area contributed by atoms with E-state index < -0.39 is 0 Å². The predicted molar refractivity (Wildman–Crippen MR) is 105 cm³/mol. The minimum absolute atomic E-state index is 0.0199. The predicted octanol–water partition coefficient (Wildman–Crippen LogP) is 2.78. The second-order valence-corrected chi connectivity index (χ2v) is 7.21. The lowest BCUT2D eigenvalue weighted by atomic mass is 10.2. The quantitative estimate of drug-likeness (QED) is 0.603. The van der Waals surface area contributed by atoms with E-state index in [1.165, 1.54) is 6.33 Å². The number of amides is 1. The topological polar surface area (TPSA) is 98.8 Å². The second kappa shape index (κ2) is 7.58. The molecule has 1 aliphatic rings. The van der Waals surface area contributed by atoms with Crippen molar-refractivity contribution in [2.24, 2.45) is 0 Å². The highest BCUT2D eigenvalue weighted by Crippen LogP contribution is 2.23. The third-order valence-electron chi connectivity index (χ3n) is 4.44. The van der Waals surface area contributed by atoms with Crippen molar-refractivity contribution < 1.29 is 4.79 Å². The number of rotatable bonds is 5. The summed E-state index contributed by atoms with van der Waals surface area (Å²) in [6.45, 7) is 1.48. The lowest BCUT2D eigenvalue weighted by molar-refractivity contribution is -0.128. The van der Waals surface area contributed by atoms with Gasteiger partial charge in [-0.15, -0.1) is 0 Å². The molecule has 0 bridgehead atoms. The fourth-order valence-electron chi connectivity index (χ4n) is 3.12. The van der Waals surface area contributed by atoms with Crippen LogP contribution in [0.15, 0.2) is 30.7 Å². The lowest BCUT2D eigenvalue weighted by Crippen LogP contribution is -2.35. The largest absolute Gasteiger partial charge is 0.376 e. The standard InChI is InChI=1S/C17H17Cl2N7O/c18-10-3-11(19)5-13(4-10)20-7-15(27)26-2-1-12(8-26)24-16-14-6-23-25-17(14)22-9-21-16/h3-6,9,12,20H,1-2,7-8H2,(H2,21,22,23,24,25)/t12-/m1/s1. The number of H-pyrrole nitrogens is 1. The van der Waals surface area contributed by atoms with Crippen molar-refractivity contribution in [2.75, 3.05) is 30.3 Å². The van der Waals surface area contributed by atoms with Crippen molar-refractivity contribution >= 4 is 51.6 Å². The van der Waals surface area contributed by atoms with Crippen molar-refractivity contribution in [1.82, 2.24) is 25.1 Å². The minimum atomic E-state index is 0.0199. The number of nitrogens with zero attached hydrogens (tertiary/aromatic N) is 4. The summed E-state index contributed by atoms with van der Waals surface area (Å²) in [6.07, 6.45) is 4.02. The highest BCUT2D eigenvalue weighted by molar-refractivity contribution is 6.35. The van der Waals surface area contributed by atoms with Gasteiger partial charge in [0.15, 0.2) is 5.65 Å². The molecular weight excluding hydrogens is 389 g/mol. The van der Waals surface area contributed by atoms with Gasteiger partial charge in [-0.05, 0) is 24.6 Å². The van der Waals surface area contributed by atoms with E-state index in [0.29, 0.717) is 28.8 Å². The van der Waals surface area contributed by atoms with Gasteiger partial charge in [0.2, 0.25) is 5.91 Å². The molecule has 3 aromatic rings. The molecule has 0 unspecified atom stereocenters. The molecule has 2 aromatic heterocycles. The summed E-state index contributed by atoms with van der Waals surface area (Å²) in [4.78, 5) is 22.7. The Morgan fingerprint density at radius 1 is 1.26 bits per heavy atom. The number of hydrogen-bond acceptors (Lipinski definition) is 6. The third kappa shape index (κ3) is 4.06. The van der Waals surface area contributed by atoms with Crippen LogP contribution >= 0.6 is 23.2 Å². The Bertz CT molecular complexity index is 957. The summed E-state index contributed by atoms with van der Waals surface area (Å²) in [5.74, 6) is 0.742. The Morgan fingerprint density at radius 2 is 2.07 bits per heavy atom. The number of aromatic nitrogens is 4. The fourth-order valence-corrected chi connectivity index (χ4v) is 3.65. The molecule has 0 radical (unpaired) electrons. The molecule has 0 spiro atoms. The molecule has 140 valence electrons. The van der Waals surface area contributed by atoms with E-state index in [-0.39, 0.29) is 18.5 Å². The summed E-state index contributed by atoms with van der Waals surface area (Å²) in [7, 11) is 0. The van der Waals surface area contributed by atoms with Gasteiger partial charge in [-0.3, -0.25) is 9.89 Å². The molecule has 1 amide bonds. The van der Waals surface area contributed by atoms with Crippen molar-refractivity contribution in [3.05, 3.63) is 40.8 Å². The first-order valence-corrected chi connectivity index (χ1v) is 9.22. The summed E-state index contributed by atoms with van der Waals surface area (Å²) in [6, 6.07) is 5.25. The maximum absolute atomic E-state index is 12.5. The van der Waals surface area contributed by atoms with Crippen molar-refractivity contribution in [3.8, 4) is 0 Å². The van der Waals surface area contributed by atoms with Gasteiger partial charge in [-0.2, -0.15) is 5.10 Å². The zero-order chi connectivity index (χ0) is 18.8. The molecule has 8 nitrogen and oxygen atoms in total. The zero-order valence-corrected chi connectivity index (χ0v) is 15.8. The maximum Gasteiger partial charge on any atom is 0.241 e. The number of likely N-dealkylation sites (tertiary alicyclic amines) is 1. The smallest absolute Gasteiger partial charge is 0.241 e. The number of aromatic amines is 1. The van der Waals surface area contributed by atoms with Crippen LogP contribution in [0.5, 0.6) is 0 Å². The van der Waals surface area contributed by atoms with Crippen molar-refractivity contribution in [2.45, 2.75) is 12.5 Å². The average molecular weight is 406 g/mol. The Labute approximate surface area is 165 Å². The summed E-state index contributed by atoms with van der Waals surface area (Å²) < 4.78 is 0. The molecule has 0 aliphatic carbocycles. The van der Waals surface area contributed by atoms with Crippen LogP contribution in [0.2, 0.25) is 10.0 Å². The van der Waals surface area contributed by atoms with Crippen LogP contribution in [0.1, 0.15) is 6.42 Å². The normalized spacial score (nSPS) is 16.7. The van der Waals surface area contributed by atoms with Crippen LogP contribution in [-0.4, -0.2) is 56.6 Å². The van der Waals surface area contributed by atoms with Gasteiger partial charge >= 0.3 is 0 Å². The van der Waals surface area contributed by atoms with E-state index in [2.05, 4.69) is 30.8 Å². The maximum atomic E-state index is 12.5. The van der Waals surface area contributed by atoms with Crippen molar-refractivity contribution in [1.29, 1.82) is 0 Å². The van der Waals surface area contributed by atoms with E-state index in [1.807, 2.05) is 4.90 Å². The van der Waals surface area contributed by atoms with Crippen LogP contribution in [-0.2, 0) is 4.79 Å². The number of anilines is 2. The average Bonchev–Trinajstić information content (AvgIpc) is 3.28. The Balaban J connectivity index is 1.33. The van der Waals surface area contributed by atoms with Crippen LogP contribution < -0.4 is 10.6 Å². The first-order chi connectivity index (χ1) is 13.1. The van der Waals surface area contributed by atoms with Crippen LogP contribution in [0.4, 0.5) is 11.5 Å². The first kappa shape index (κ1) is 17.8. The second-order valence-electron chi connectivity index (χ2n) is 6.34. The zero-order valence-electron chi connectivity index (χ0n) is 14.2. The monoisotopic (exact) mass is 405 g/mol. The number of carbonyl (C=O) groups excluding carboxylic acids is 1. The van der Waals surface area contributed by atoms with E-state index in [4.69, 9.17) is 23.2 Å². The Morgan fingerprint density at radius 3 is 2.89 bits per heavy atom.